The highest BCUT2D eigenvalue weighted by Gasteiger charge is 2.46. The van der Waals surface area contributed by atoms with Crippen LogP contribution in [0.25, 0.3) is 0 Å². The van der Waals surface area contributed by atoms with E-state index in [1.165, 1.54) is 0 Å². The van der Waals surface area contributed by atoms with Gasteiger partial charge in [0, 0.05) is 18.2 Å². The van der Waals surface area contributed by atoms with Crippen molar-refractivity contribution < 1.29 is 19.4 Å². The monoisotopic (exact) mass is 337 g/mol. The minimum atomic E-state index is -1.23. The minimum absolute atomic E-state index is 0.344. The van der Waals surface area contributed by atoms with Crippen LogP contribution in [0.3, 0.4) is 0 Å². The van der Waals surface area contributed by atoms with Crippen LogP contribution in [0.4, 0.5) is 10.5 Å². The maximum atomic E-state index is 12.1. The summed E-state index contributed by atoms with van der Waals surface area (Å²) in [6, 6.07) is 1.26. The molecule has 7 nitrogen and oxygen atoms in total. The van der Waals surface area contributed by atoms with Gasteiger partial charge in [-0.05, 0) is 40.7 Å². The molecule has 0 aliphatic carbocycles. The molecule has 0 spiro atoms. The number of nitrogens with one attached hydrogen (secondary N) is 1. The number of alkyl carbamates (subject to hydrolysis) is 1. The van der Waals surface area contributed by atoms with Crippen molar-refractivity contribution in [3.8, 4) is 0 Å². The molecular formula is C17H27N3O4. The van der Waals surface area contributed by atoms with E-state index >= 15 is 0 Å². The Morgan fingerprint density at radius 3 is 2.79 bits per heavy atom. The van der Waals surface area contributed by atoms with Crippen molar-refractivity contribution >= 4 is 11.8 Å². The fourth-order valence-electron chi connectivity index (χ4n) is 2.74. The highest BCUT2D eigenvalue weighted by Crippen LogP contribution is 2.38. The van der Waals surface area contributed by atoms with Crippen LogP contribution >= 0.6 is 0 Å². The summed E-state index contributed by atoms with van der Waals surface area (Å²) in [5.41, 5.74) is 5.46. The third-order valence-electron chi connectivity index (χ3n) is 4.27. The predicted molar refractivity (Wildman–Crippen MR) is 90.3 cm³/mol. The summed E-state index contributed by atoms with van der Waals surface area (Å²) in [5.74, 6) is 0. The van der Waals surface area contributed by atoms with Gasteiger partial charge in [-0.25, -0.2) is 4.79 Å². The Morgan fingerprint density at radius 1 is 1.54 bits per heavy atom. The zero-order chi connectivity index (χ0) is 18.1. The molecule has 0 radical (unpaired) electrons. The Kier molecular flexibility index (Phi) is 5.05. The van der Waals surface area contributed by atoms with Gasteiger partial charge in [0.05, 0.1) is 30.1 Å². The first kappa shape index (κ1) is 18.5. The molecule has 1 aliphatic rings. The maximum absolute atomic E-state index is 12.1. The number of hydrogen-bond acceptors (Lipinski definition) is 6. The SMILES string of the molecule is C[C@@H]1O[C@H](c2ccncc2N)C[C@H](NC(=O)OC(C)(C)C)[C@@]1(C)O. The normalized spacial score (nSPS) is 30.7. The van der Waals surface area contributed by atoms with E-state index in [9.17, 15) is 9.90 Å². The summed E-state index contributed by atoms with van der Waals surface area (Å²) in [4.78, 5) is 16.1. The van der Waals surface area contributed by atoms with Crippen LogP contribution in [-0.4, -0.2) is 39.5 Å². The second-order valence-electron chi connectivity index (χ2n) is 7.43. The van der Waals surface area contributed by atoms with Gasteiger partial charge in [0.25, 0.3) is 0 Å². The molecule has 4 N–H and O–H groups in total. The van der Waals surface area contributed by atoms with E-state index < -0.39 is 29.4 Å². The van der Waals surface area contributed by atoms with Gasteiger partial charge in [0.15, 0.2) is 0 Å². The van der Waals surface area contributed by atoms with Crippen LogP contribution in [0.5, 0.6) is 0 Å². The van der Waals surface area contributed by atoms with Gasteiger partial charge in [-0.2, -0.15) is 0 Å². The van der Waals surface area contributed by atoms with Crippen LogP contribution in [0, 0.1) is 0 Å². The van der Waals surface area contributed by atoms with Crippen molar-refractivity contribution in [3.63, 3.8) is 0 Å². The van der Waals surface area contributed by atoms with E-state index in [0.29, 0.717) is 12.1 Å². The van der Waals surface area contributed by atoms with Crippen molar-refractivity contribution in [2.75, 3.05) is 5.73 Å². The number of aromatic nitrogens is 1. The lowest BCUT2D eigenvalue weighted by Gasteiger charge is -2.45. The molecule has 2 rings (SSSR count). The lowest BCUT2D eigenvalue weighted by atomic mass is 9.82. The molecule has 1 fully saturated rings. The number of hydrogen-bond donors (Lipinski definition) is 3. The molecule has 4 atom stereocenters. The zero-order valence-corrected chi connectivity index (χ0v) is 14.9. The lowest BCUT2D eigenvalue weighted by Crippen LogP contribution is -2.61. The summed E-state index contributed by atoms with van der Waals surface area (Å²) >= 11 is 0. The van der Waals surface area contributed by atoms with Gasteiger partial charge in [-0.3, -0.25) is 4.98 Å². The molecule has 0 aromatic carbocycles. The zero-order valence-electron chi connectivity index (χ0n) is 14.9. The van der Waals surface area contributed by atoms with Crippen LogP contribution < -0.4 is 11.1 Å². The molecule has 1 amide bonds. The Bertz CT molecular complexity index is 598. The van der Waals surface area contributed by atoms with Crippen LogP contribution in [0.2, 0.25) is 0 Å². The van der Waals surface area contributed by atoms with Gasteiger partial charge < -0.3 is 25.6 Å². The summed E-state index contributed by atoms with van der Waals surface area (Å²) < 4.78 is 11.2. The van der Waals surface area contributed by atoms with E-state index in [0.717, 1.165) is 5.56 Å². The number of nitrogens with two attached hydrogens (primary N) is 1. The number of ether oxygens (including phenoxy) is 2. The smallest absolute Gasteiger partial charge is 0.407 e. The first-order valence-electron chi connectivity index (χ1n) is 8.07. The molecule has 24 heavy (non-hydrogen) atoms. The molecule has 1 aromatic rings. The summed E-state index contributed by atoms with van der Waals surface area (Å²) in [7, 11) is 0. The fraction of sp³-hybridized carbons (Fsp3) is 0.647. The number of amides is 1. The van der Waals surface area contributed by atoms with Crippen molar-refractivity contribution in [2.45, 2.75) is 70.5 Å². The first-order chi connectivity index (χ1) is 11.0. The minimum Gasteiger partial charge on any atom is -0.444 e. The number of rotatable bonds is 2. The Labute approximate surface area is 142 Å². The summed E-state index contributed by atoms with van der Waals surface area (Å²) in [6.07, 6.45) is 2.18. The van der Waals surface area contributed by atoms with Gasteiger partial charge in [0.2, 0.25) is 0 Å². The summed E-state index contributed by atoms with van der Waals surface area (Å²) in [6.45, 7) is 8.78. The van der Waals surface area contributed by atoms with Gasteiger partial charge in [-0.1, -0.05) is 0 Å². The van der Waals surface area contributed by atoms with E-state index in [2.05, 4.69) is 10.3 Å². The standard InChI is InChI=1S/C17H27N3O4/c1-10-17(5,22)14(20-15(21)24-16(2,3)4)8-13(23-10)11-6-7-19-9-12(11)18/h6-7,9-10,13-14,22H,8,18H2,1-5H3,(H,20,21)/t10-,13-,14-,17-/m0/s1. The van der Waals surface area contributed by atoms with E-state index in [4.69, 9.17) is 15.2 Å². The van der Waals surface area contributed by atoms with Gasteiger partial charge in [0.1, 0.15) is 11.2 Å². The number of carbonyl (C=O) groups excluding carboxylic acids is 1. The highest BCUT2D eigenvalue weighted by molar-refractivity contribution is 5.68. The number of nitrogen functional groups attached to an aromatic ring is 1. The number of aliphatic hydroxyl groups is 1. The van der Waals surface area contributed by atoms with Crippen molar-refractivity contribution in [2.24, 2.45) is 0 Å². The Balaban J connectivity index is 2.18. The maximum Gasteiger partial charge on any atom is 0.407 e. The van der Waals surface area contributed by atoms with E-state index in [1.807, 2.05) is 0 Å². The molecule has 134 valence electrons. The number of nitrogens with zero attached hydrogens (tertiary/aromatic N) is 1. The van der Waals surface area contributed by atoms with Crippen LogP contribution in [0.15, 0.2) is 18.5 Å². The van der Waals surface area contributed by atoms with Crippen molar-refractivity contribution in [3.05, 3.63) is 24.0 Å². The molecule has 0 bridgehead atoms. The predicted octanol–water partition coefficient (Wildman–Crippen LogP) is 2.16. The Hall–Kier alpha value is -1.86. The first-order valence-corrected chi connectivity index (χ1v) is 8.07. The summed E-state index contributed by atoms with van der Waals surface area (Å²) in [5, 5.41) is 13.5. The third kappa shape index (κ3) is 4.15. The molecule has 7 heteroatoms. The largest absolute Gasteiger partial charge is 0.444 e. The quantitative estimate of drug-likeness (QED) is 0.763. The van der Waals surface area contributed by atoms with Crippen LogP contribution in [0.1, 0.15) is 52.7 Å². The molecule has 0 saturated carbocycles. The molecule has 2 heterocycles. The highest BCUT2D eigenvalue weighted by atomic mass is 16.6. The number of pyridine rings is 1. The second kappa shape index (κ2) is 6.57. The average Bonchev–Trinajstić information content (AvgIpc) is 2.42. The fourth-order valence-corrected chi connectivity index (χ4v) is 2.74. The molecule has 1 aromatic heterocycles. The topological polar surface area (TPSA) is 107 Å². The van der Waals surface area contributed by atoms with Gasteiger partial charge >= 0.3 is 6.09 Å². The second-order valence-corrected chi connectivity index (χ2v) is 7.43. The van der Waals surface area contributed by atoms with Crippen LogP contribution in [-0.2, 0) is 9.47 Å². The van der Waals surface area contributed by atoms with Crippen molar-refractivity contribution in [1.29, 1.82) is 0 Å². The lowest BCUT2D eigenvalue weighted by molar-refractivity contribution is -0.176. The average molecular weight is 337 g/mol. The Morgan fingerprint density at radius 2 is 2.21 bits per heavy atom. The number of carbonyl (C=O) groups is 1. The third-order valence-corrected chi connectivity index (χ3v) is 4.27. The molecule has 1 aliphatic heterocycles. The molecular weight excluding hydrogens is 310 g/mol. The van der Waals surface area contributed by atoms with E-state index in [1.54, 1.807) is 53.1 Å². The van der Waals surface area contributed by atoms with Crippen molar-refractivity contribution in [1.82, 2.24) is 10.3 Å². The number of anilines is 1. The van der Waals surface area contributed by atoms with E-state index in [-0.39, 0.29) is 6.10 Å². The molecule has 0 unspecified atom stereocenters. The molecule has 1 saturated heterocycles. The van der Waals surface area contributed by atoms with Gasteiger partial charge in [-0.15, -0.1) is 0 Å².